The molecule has 0 aliphatic heterocycles. The molecule has 0 saturated heterocycles. The summed E-state index contributed by atoms with van der Waals surface area (Å²) in [6.07, 6.45) is -1.80. The van der Waals surface area contributed by atoms with E-state index in [1.165, 1.54) is 13.8 Å². The molecule has 29 heavy (non-hydrogen) atoms. The zero-order valence-electron chi connectivity index (χ0n) is 18.2. The summed E-state index contributed by atoms with van der Waals surface area (Å²) in [5.74, 6) is -1.89. The Labute approximate surface area is 172 Å². The fraction of sp³-hybridized carbons (Fsp3) is 0.667. The summed E-state index contributed by atoms with van der Waals surface area (Å²) in [5, 5.41) is 19.2. The largest absolute Gasteiger partial charge is 0.460 e. The summed E-state index contributed by atoms with van der Waals surface area (Å²) in [6.45, 7) is 16.1. The Morgan fingerprint density at radius 1 is 0.966 bits per heavy atom. The molecule has 0 aliphatic carbocycles. The van der Waals surface area contributed by atoms with E-state index in [-0.39, 0.29) is 37.2 Å². The van der Waals surface area contributed by atoms with Crippen molar-refractivity contribution in [2.45, 2.75) is 72.2 Å². The minimum atomic E-state index is -1.07. The number of aliphatic hydroxyl groups is 2. The molecule has 166 valence electrons. The van der Waals surface area contributed by atoms with E-state index in [1.807, 2.05) is 0 Å². The summed E-state index contributed by atoms with van der Waals surface area (Å²) >= 11 is 0. The number of esters is 3. The second kappa shape index (κ2) is 11.1. The molecule has 0 aromatic rings. The molecular formula is C21H34O8. The van der Waals surface area contributed by atoms with Crippen molar-refractivity contribution in [2.24, 2.45) is 5.41 Å². The van der Waals surface area contributed by atoms with Crippen molar-refractivity contribution < 1.29 is 38.8 Å². The Morgan fingerprint density at radius 2 is 1.48 bits per heavy atom. The summed E-state index contributed by atoms with van der Waals surface area (Å²) < 4.78 is 15.3. The van der Waals surface area contributed by atoms with Gasteiger partial charge < -0.3 is 24.4 Å². The van der Waals surface area contributed by atoms with Crippen molar-refractivity contribution in [3.05, 3.63) is 24.3 Å². The van der Waals surface area contributed by atoms with Gasteiger partial charge in [-0.05, 0) is 48.0 Å². The number of hydrogen-bond acceptors (Lipinski definition) is 8. The van der Waals surface area contributed by atoms with E-state index < -0.39 is 41.1 Å². The number of aliphatic hydroxyl groups excluding tert-OH is 2. The molecule has 0 radical (unpaired) electrons. The summed E-state index contributed by atoms with van der Waals surface area (Å²) in [7, 11) is 0. The lowest BCUT2D eigenvalue weighted by Crippen LogP contribution is -2.39. The van der Waals surface area contributed by atoms with E-state index in [2.05, 4.69) is 13.2 Å². The monoisotopic (exact) mass is 414 g/mol. The average molecular weight is 414 g/mol. The maximum Gasteiger partial charge on any atom is 0.333 e. The molecule has 0 fully saturated rings. The summed E-state index contributed by atoms with van der Waals surface area (Å²) in [4.78, 5) is 35.9. The first-order chi connectivity index (χ1) is 13.1. The third-order valence-electron chi connectivity index (χ3n) is 3.80. The van der Waals surface area contributed by atoms with Gasteiger partial charge in [0.25, 0.3) is 0 Å². The number of carbonyl (C=O) groups excluding carboxylic acids is 3. The van der Waals surface area contributed by atoms with Gasteiger partial charge in [0.15, 0.2) is 0 Å². The molecule has 0 rings (SSSR count). The van der Waals surface area contributed by atoms with Crippen LogP contribution in [0.4, 0.5) is 0 Å². The lowest BCUT2D eigenvalue weighted by Gasteiger charge is -2.32. The number of rotatable bonds is 12. The van der Waals surface area contributed by atoms with Gasteiger partial charge in [-0.25, -0.2) is 9.59 Å². The van der Waals surface area contributed by atoms with Crippen LogP contribution < -0.4 is 0 Å². The van der Waals surface area contributed by atoms with Crippen LogP contribution in [-0.2, 0) is 28.6 Å². The smallest absolute Gasteiger partial charge is 0.333 e. The van der Waals surface area contributed by atoms with Crippen LogP contribution in [0, 0.1) is 5.41 Å². The van der Waals surface area contributed by atoms with Crippen molar-refractivity contribution in [3.8, 4) is 0 Å². The van der Waals surface area contributed by atoms with Gasteiger partial charge >= 0.3 is 17.9 Å². The highest BCUT2D eigenvalue weighted by Gasteiger charge is 2.37. The van der Waals surface area contributed by atoms with Crippen molar-refractivity contribution in [3.63, 3.8) is 0 Å². The first kappa shape index (κ1) is 26.8. The zero-order valence-corrected chi connectivity index (χ0v) is 18.2. The standard InChI is InChI=1S/C21H34O8/c1-13(2)17(24)28-12-16(23)10-21(7,8)29-19(26)20(5,6)9-14(3)18(25)27-11-15(4)22/h15-16,22-23H,1,3,9-12H2,2,4-8H3. The van der Waals surface area contributed by atoms with Gasteiger partial charge in [0.2, 0.25) is 0 Å². The molecule has 8 nitrogen and oxygen atoms in total. The number of carbonyl (C=O) groups is 3. The lowest BCUT2D eigenvalue weighted by atomic mass is 9.85. The highest BCUT2D eigenvalue weighted by Crippen LogP contribution is 2.30. The van der Waals surface area contributed by atoms with Crippen molar-refractivity contribution in [1.29, 1.82) is 0 Å². The van der Waals surface area contributed by atoms with Gasteiger partial charge in [-0.3, -0.25) is 4.79 Å². The molecule has 0 bridgehead atoms. The normalized spacial score (nSPS) is 13.8. The Kier molecular flexibility index (Phi) is 10.3. The van der Waals surface area contributed by atoms with Crippen LogP contribution in [0.2, 0.25) is 0 Å². The molecule has 2 atom stereocenters. The predicted octanol–water partition coefficient (Wildman–Crippen LogP) is 2.07. The molecule has 0 saturated carbocycles. The van der Waals surface area contributed by atoms with E-state index in [9.17, 15) is 19.5 Å². The van der Waals surface area contributed by atoms with Crippen LogP contribution >= 0.6 is 0 Å². The van der Waals surface area contributed by atoms with E-state index in [0.717, 1.165) is 0 Å². The van der Waals surface area contributed by atoms with Crippen LogP contribution in [0.3, 0.4) is 0 Å². The molecule has 0 amide bonds. The Morgan fingerprint density at radius 3 is 1.97 bits per heavy atom. The zero-order chi connectivity index (χ0) is 23.0. The van der Waals surface area contributed by atoms with Crippen molar-refractivity contribution in [1.82, 2.24) is 0 Å². The van der Waals surface area contributed by atoms with Gasteiger partial charge in [-0.1, -0.05) is 13.2 Å². The van der Waals surface area contributed by atoms with Gasteiger partial charge in [-0.2, -0.15) is 0 Å². The van der Waals surface area contributed by atoms with E-state index in [1.54, 1.807) is 27.7 Å². The van der Waals surface area contributed by atoms with Gasteiger partial charge in [0, 0.05) is 17.6 Å². The summed E-state index contributed by atoms with van der Waals surface area (Å²) in [6, 6.07) is 0. The Bertz CT molecular complexity index is 631. The van der Waals surface area contributed by atoms with Gasteiger partial charge in [0.05, 0.1) is 17.6 Å². The van der Waals surface area contributed by atoms with Crippen LogP contribution in [0.15, 0.2) is 24.3 Å². The van der Waals surface area contributed by atoms with Gasteiger partial charge in [0.1, 0.15) is 18.8 Å². The highest BCUT2D eigenvalue weighted by molar-refractivity contribution is 5.89. The molecule has 2 unspecified atom stereocenters. The van der Waals surface area contributed by atoms with E-state index in [0.29, 0.717) is 0 Å². The third kappa shape index (κ3) is 10.8. The molecular weight excluding hydrogens is 380 g/mol. The molecule has 0 heterocycles. The molecule has 8 heteroatoms. The van der Waals surface area contributed by atoms with E-state index >= 15 is 0 Å². The first-order valence-electron chi connectivity index (χ1n) is 9.34. The van der Waals surface area contributed by atoms with Crippen molar-refractivity contribution >= 4 is 17.9 Å². The molecule has 0 aromatic heterocycles. The number of hydrogen-bond donors (Lipinski definition) is 2. The van der Waals surface area contributed by atoms with Gasteiger partial charge in [-0.15, -0.1) is 0 Å². The lowest BCUT2D eigenvalue weighted by molar-refractivity contribution is -0.171. The predicted molar refractivity (Wildman–Crippen MR) is 107 cm³/mol. The fourth-order valence-corrected chi connectivity index (χ4v) is 2.33. The molecule has 0 aromatic carbocycles. The highest BCUT2D eigenvalue weighted by atomic mass is 16.6. The van der Waals surface area contributed by atoms with Crippen LogP contribution in [0.25, 0.3) is 0 Å². The van der Waals surface area contributed by atoms with Crippen molar-refractivity contribution in [2.75, 3.05) is 13.2 Å². The topological polar surface area (TPSA) is 119 Å². The minimum Gasteiger partial charge on any atom is -0.460 e. The quantitative estimate of drug-likeness (QED) is 0.283. The number of ether oxygens (including phenoxy) is 3. The minimum absolute atomic E-state index is 0.000660. The summed E-state index contributed by atoms with van der Waals surface area (Å²) in [5.41, 5.74) is -1.82. The van der Waals surface area contributed by atoms with Crippen LogP contribution in [0.1, 0.15) is 54.4 Å². The molecule has 0 spiro atoms. The third-order valence-corrected chi connectivity index (χ3v) is 3.80. The van der Waals surface area contributed by atoms with Crippen LogP contribution in [0.5, 0.6) is 0 Å². The van der Waals surface area contributed by atoms with E-state index in [4.69, 9.17) is 19.3 Å². The maximum absolute atomic E-state index is 12.6. The van der Waals surface area contributed by atoms with Crippen LogP contribution in [-0.4, -0.2) is 59.1 Å². The Hall–Kier alpha value is -2.19. The SMILES string of the molecule is C=C(C)C(=O)OCC(O)CC(C)(C)OC(=O)C(C)(C)CC(=C)C(=O)OCC(C)O. The average Bonchev–Trinajstić information content (AvgIpc) is 2.55. The Balaban J connectivity index is 4.75. The second-order valence-corrected chi connectivity index (χ2v) is 8.50. The second-order valence-electron chi connectivity index (χ2n) is 8.50. The fourth-order valence-electron chi connectivity index (χ4n) is 2.33. The maximum atomic E-state index is 12.6. The molecule has 0 aliphatic rings. The molecule has 2 N–H and O–H groups in total. The first-order valence-corrected chi connectivity index (χ1v) is 9.34.